The Hall–Kier alpha value is -1.65. The van der Waals surface area contributed by atoms with Crippen molar-refractivity contribution in [2.24, 2.45) is 5.73 Å². The summed E-state index contributed by atoms with van der Waals surface area (Å²) >= 11 is 0. The molecule has 0 aliphatic carbocycles. The highest BCUT2D eigenvalue weighted by molar-refractivity contribution is 5.81. The van der Waals surface area contributed by atoms with Gasteiger partial charge in [0.1, 0.15) is 6.04 Å². The monoisotopic (exact) mass is 290 g/mol. The van der Waals surface area contributed by atoms with E-state index in [2.05, 4.69) is 6.58 Å². The van der Waals surface area contributed by atoms with Crippen molar-refractivity contribution < 1.29 is 9.53 Å². The SMILES string of the molecule is C=CCCCCN(C)C(=O)[C@@H](N)COCc1ccccc1. The van der Waals surface area contributed by atoms with Crippen LogP contribution >= 0.6 is 0 Å². The van der Waals surface area contributed by atoms with Crippen molar-refractivity contribution in [2.45, 2.75) is 31.9 Å². The number of likely N-dealkylation sites (N-methyl/N-ethyl adjacent to an activating group) is 1. The summed E-state index contributed by atoms with van der Waals surface area (Å²) < 4.78 is 5.51. The molecular weight excluding hydrogens is 264 g/mol. The number of hydrogen-bond donors (Lipinski definition) is 1. The van der Waals surface area contributed by atoms with Crippen LogP contribution in [-0.2, 0) is 16.1 Å². The average Bonchev–Trinajstić information content (AvgIpc) is 2.51. The molecule has 0 saturated carbocycles. The van der Waals surface area contributed by atoms with E-state index in [1.165, 1.54) is 0 Å². The smallest absolute Gasteiger partial charge is 0.241 e. The zero-order valence-corrected chi connectivity index (χ0v) is 12.8. The van der Waals surface area contributed by atoms with E-state index in [4.69, 9.17) is 10.5 Å². The molecule has 21 heavy (non-hydrogen) atoms. The van der Waals surface area contributed by atoms with Crippen LogP contribution in [0, 0.1) is 0 Å². The second-order valence-corrected chi connectivity index (χ2v) is 5.15. The van der Waals surface area contributed by atoms with Gasteiger partial charge >= 0.3 is 0 Å². The number of amides is 1. The van der Waals surface area contributed by atoms with Crippen molar-refractivity contribution in [1.82, 2.24) is 4.90 Å². The number of unbranched alkanes of at least 4 members (excludes halogenated alkanes) is 2. The number of ether oxygens (including phenoxy) is 1. The lowest BCUT2D eigenvalue weighted by molar-refractivity contribution is -0.132. The fourth-order valence-corrected chi connectivity index (χ4v) is 1.98. The van der Waals surface area contributed by atoms with Crippen molar-refractivity contribution in [2.75, 3.05) is 20.2 Å². The number of rotatable bonds is 10. The zero-order valence-electron chi connectivity index (χ0n) is 12.8. The molecule has 0 radical (unpaired) electrons. The molecular formula is C17H26N2O2. The standard InChI is InChI=1S/C17H26N2O2/c1-3-4-5-9-12-19(2)17(20)16(18)14-21-13-15-10-7-6-8-11-15/h3,6-8,10-11,16H,1,4-5,9,12-14,18H2,2H3/t16-/m0/s1. The number of nitrogens with zero attached hydrogens (tertiary/aromatic N) is 1. The van der Waals surface area contributed by atoms with Crippen LogP contribution in [0.1, 0.15) is 24.8 Å². The van der Waals surface area contributed by atoms with Crippen molar-refractivity contribution in [3.63, 3.8) is 0 Å². The number of allylic oxidation sites excluding steroid dienone is 1. The number of benzene rings is 1. The van der Waals surface area contributed by atoms with Crippen molar-refractivity contribution >= 4 is 5.91 Å². The molecule has 0 saturated heterocycles. The van der Waals surface area contributed by atoms with Crippen LogP contribution in [-0.4, -0.2) is 37.0 Å². The second-order valence-electron chi connectivity index (χ2n) is 5.15. The van der Waals surface area contributed by atoms with Gasteiger partial charge in [-0.1, -0.05) is 36.4 Å². The van der Waals surface area contributed by atoms with Gasteiger partial charge in [-0.3, -0.25) is 4.79 Å². The van der Waals surface area contributed by atoms with E-state index < -0.39 is 6.04 Å². The van der Waals surface area contributed by atoms with Gasteiger partial charge in [-0.05, 0) is 24.8 Å². The van der Waals surface area contributed by atoms with Crippen LogP contribution in [0.4, 0.5) is 0 Å². The van der Waals surface area contributed by atoms with Gasteiger partial charge in [-0.25, -0.2) is 0 Å². The predicted octanol–water partition coefficient (Wildman–Crippen LogP) is 2.35. The maximum absolute atomic E-state index is 12.0. The van der Waals surface area contributed by atoms with Crippen molar-refractivity contribution in [1.29, 1.82) is 0 Å². The fraction of sp³-hybridized carbons (Fsp3) is 0.471. The van der Waals surface area contributed by atoms with E-state index in [9.17, 15) is 4.79 Å². The molecule has 0 aromatic heterocycles. The minimum Gasteiger partial charge on any atom is -0.375 e. The van der Waals surface area contributed by atoms with Crippen LogP contribution in [0.25, 0.3) is 0 Å². The van der Waals surface area contributed by atoms with Crippen LogP contribution in [0.3, 0.4) is 0 Å². The number of nitrogens with two attached hydrogens (primary N) is 1. The summed E-state index contributed by atoms with van der Waals surface area (Å²) in [5.41, 5.74) is 6.96. The van der Waals surface area contributed by atoms with E-state index in [1.807, 2.05) is 36.4 Å². The third kappa shape index (κ3) is 7.06. The van der Waals surface area contributed by atoms with Crippen LogP contribution in [0.2, 0.25) is 0 Å². The molecule has 1 rings (SSSR count). The first-order valence-corrected chi connectivity index (χ1v) is 7.38. The summed E-state index contributed by atoms with van der Waals surface area (Å²) in [6.07, 6.45) is 4.88. The minimum atomic E-state index is -0.599. The summed E-state index contributed by atoms with van der Waals surface area (Å²) in [6, 6.07) is 9.25. The third-order valence-corrected chi connectivity index (χ3v) is 3.25. The third-order valence-electron chi connectivity index (χ3n) is 3.25. The number of hydrogen-bond acceptors (Lipinski definition) is 3. The Kier molecular flexibility index (Phi) is 8.40. The first-order valence-electron chi connectivity index (χ1n) is 7.38. The molecule has 1 aromatic carbocycles. The van der Waals surface area contributed by atoms with Crippen LogP contribution in [0.15, 0.2) is 43.0 Å². The lowest BCUT2D eigenvalue weighted by Crippen LogP contribution is -2.44. The number of carbonyl (C=O) groups excluding carboxylic acids is 1. The molecule has 1 amide bonds. The zero-order chi connectivity index (χ0) is 15.5. The molecule has 2 N–H and O–H groups in total. The molecule has 4 nitrogen and oxygen atoms in total. The van der Waals surface area contributed by atoms with E-state index >= 15 is 0 Å². The van der Waals surface area contributed by atoms with E-state index in [-0.39, 0.29) is 12.5 Å². The molecule has 1 atom stereocenters. The van der Waals surface area contributed by atoms with Gasteiger partial charge in [-0.2, -0.15) is 0 Å². The van der Waals surface area contributed by atoms with Gasteiger partial charge in [0.25, 0.3) is 0 Å². The fourth-order valence-electron chi connectivity index (χ4n) is 1.98. The Bertz CT molecular complexity index is 420. The Balaban J connectivity index is 2.22. The lowest BCUT2D eigenvalue weighted by atomic mass is 10.2. The maximum atomic E-state index is 12.0. The van der Waals surface area contributed by atoms with E-state index in [0.29, 0.717) is 6.61 Å². The van der Waals surface area contributed by atoms with Gasteiger partial charge in [0.2, 0.25) is 5.91 Å². The van der Waals surface area contributed by atoms with Crippen LogP contribution in [0.5, 0.6) is 0 Å². The molecule has 0 unspecified atom stereocenters. The summed E-state index contributed by atoms with van der Waals surface area (Å²) in [7, 11) is 1.79. The van der Waals surface area contributed by atoms with Gasteiger partial charge in [0.15, 0.2) is 0 Å². The molecule has 0 bridgehead atoms. The Morgan fingerprint density at radius 3 is 2.76 bits per heavy atom. The Morgan fingerprint density at radius 1 is 1.38 bits per heavy atom. The topological polar surface area (TPSA) is 55.6 Å². The first-order chi connectivity index (χ1) is 10.1. The maximum Gasteiger partial charge on any atom is 0.241 e. The summed E-state index contributed by atoms with van der Waals surface area (Å²) in [6.45, 7) is 5.12. The minimum absolute atomic E-state index is 0.0679. The highest BCUT2D eigenvalue weighted by Crippen LogP contribution is 2.02. The average molecular weight is 290 g/mol. The molecule has 4 heteroatoms. The highest BCUT2D eigenvalue weighted by Gasteiger charge is 2.17. The Morgan fingerprint density at radius 2 is 2.10 bits per heavy atom. The van der Waals surface area contributed by atoms with E-state index in [1.54, 1.807) is 11.9 Å². The van der Waals surface area contributed by atoms with Crippen molar-refractivity contribution in [3.8, 4) is 0 Å². The molecule has 116 valence electrons. The molecule has 1 aromatic rings. The second kappa shape index (κ2) is 10.1. The largest absolute Gasteiger partial charge is 0.375 e. The highest BCUT2D eigenvalue weighted by atomic mass is 16.5. The molecule has 0 aliphatic heterocycles. The van der Waals surface area contributed by atoms with E-state index in [0.717, 1.165) is 31.4 Å². The molecule has 0 aliphatic rings. The Labute approximate surface area is 127 Å². The molecule has 0 heterocycles. The van der Waals surface area contributed by atoms with Crippen LogP contribution < -0.4 is 5.73 Å². The summed E-state index contributed by atoms with van der Waals surface area (Å²) in [5.74, 6) is -0.0679. The lowest BCUT2D eigenvalue weighted by Gasteiger charge is -2.21. The molecule has 0 fully saturated rings. The van der Waals surface area contributed by atoms with Gasteiger partial charge < -0.3 is 15.4 Å². The summed E-state index contributed by atoms with van der Waals surface area (Å²) in [5, 5.41) is 0. The van der Waals surface area contributed by atoms with Gasteiger partial charge in [0.05, 0.1) is 13.2 Å². The predicted molar refractivity (Wildman–Crippen MR) is 85.8 cm³/mol. The number of carbonyl (C=O) groups is 1. The van der Waals surface area contributed by atoms with Gasteiger partial charge in [0, 0.05) is 13.6 Å². The normalized spacial score (nSPS) is 11.9. The first kappa shape index (κ1) is 17.4. The van der Waals surface area contributed by atoms with Crippen molar-refractivity contribution in [3.05, 3.63) is 48.6 Å². The molecule has 0 spiro atoms. The summed E-state index contributed by atoms with van der Waals surface area (Å²) in [4.78, 5) is 13.7. The van der Waals surface area contributed by atoms with Gasteiger partial charge in [-0.15, -0.1) is 6.58 Å². The quantitative estimate of drug-likeness (QED) is 0.531.